The van der Waals surface area contributed by atoms with E-state index in [1.54, 1.807) is 0 Å². The molecule has 1 aromatic carbocycles. The minimum atomic E-state index is -0.164. The minimum absolute atomic E-state index is 0.0781. The number of carbonyl (C=O) groups excluding carboxylic acids is 2. The zero-order valence-corrected chi connectivity index (χ0v) is 14.9. The summed E-state index contributed by atoms with van der Waals surface area (Å²) in [6, 6.07) is 6.02. The van der Waals surface area contributed by atoms with E-state index >= 15 is 0 Å². The van der Waals surface area contributed by atoms with Gasteiger partial charge in [0.1, 0.15) is 0 Å². The molecule has 5 nitrogen and oxygen atoms in total. The molecule has 0 unspecified atom stereocenters. The van der Waals surface area contributed by atoms with E-state index in [1.807, 2.05) is 30.0 Å². The van der Waals surface area contributed by atoms with Crippen molar-refractivity contribution >= 4 is 33.4 Å². The van der Waals surface area contributed by atoms with Crippen LogP contribution in [0.2, 0.25) is 0 Å². The van der Waals surface area contributed by atoms with Crippen LogP contribution in [-0.4, -0.2) is 41.9 Å². The Bertz CT molecular complexity index is 616. The number of nitrogens with one attached hydrogen (secondary N) is 2. The van der Waals surface area contributed by atoms with Crippen molar-refractivity contribution in [3.63, 3.8) is 0 Å². The van der Waals surface area contributed by atoms with Crippen molar-refractivity contribution in [2.45, 2.75) is 44.7 Å². The van der Waals surface area contributed by atoms with Gasteiger partial charge in [0.25, 0.3) is 0 Å². The highest BCUT2D eigenvalue weighted by atomic mass is 79.9. The summed E-state index contributed by atoms with van der Waals surface area (Å²) in [5.41, 5.74) is 1.89. The topological polar surface area (TPSA) is 61.4 Å². The van der Waals surface area contributed by atoms with E-state index < -0.39 is 0 Å². The number of anilines is 1. The van der Waals surface area contributed by atoms with Crippen LogP contribution < -0.4 is 10.6 Å². The van der Waals surface area contributed by atoms with Gasteiger partial charge in [-0.1, -0.05) is 6.07 Å². The van der Waals surface area contributed by atoms with Gasteiger partial charge in [-0.05, 0) is 72.8 Å². The van der Waals surface area contributed by atoms with Gasteiger partial charge in [-0.2, -0.15) is 0 Å². The fourth-order valence-corrected chi connectivity index (χ4v) is 3.53. The second-order valence-electron chi connectivity index (χ2n) is 6.44. The first-order valence-corrected chi connectivity index (χ1v) is 8.92. The summed E-state index contributed by atoms with van der Waals surface area (Å²) in [6.45, 7) is 3.05. The van der Waals surface area contributed by atoms with Gasteiger partial charge in [0.15, 0.2) is 0 Å². The molecule has 23 heavy (non-hydrogen) atoms. The number of aryl methyl sites for hydroxylation is 1. The quantitative estimate of drug-likeness (QED) is 0.825. The maximum Gasteiger partial charge on any atom is 0.238 e. The lowest BCUT2D eigenvalue weighted by Crippen LogP contribution is -2.46. The van der Waals surface area contributed by atoms with Crippen LogP contribution in [0.25, 0.3) is 0 Å². The highest BCUT2D eigenvalue weighted by Crippen LogP contribution is 2.24. The number of benzene rings is 1. The van der Waals surface area contributed by atoms with Gasteiger partial charge >= 0.3 is 0 Å². The van der Waals surface area contributed by atoms with Crippen LogP contribution in [0.1, 0.15) is 31.2 Å². The summed E-state index contributed by atoms with van der Waals surface area (Å²) in [7, 11) is 0. The molecule has 2 amide bonds. The lowest BCUT2D eigenvalue weighted by molar-refractivity contribution is -0.126. The van der Waals surface area contributed by atoms with Gasteiger partial charge in [0, 0.05) is 10.5 Å². The van der Waals surface area contributed by atoms with Crippen molar-refractivity contribution in [3.8, 4) is 0 Å². The van der Waals surface area contributed by atoms with Gasteiger partial charge in [0.05, 0.1) is 18.3 Å². The molecule has 0 bridgehead atoms. The molecular formula is C17H22BrN3O2. The largest absolute Gasteiger partial charge is 0.352 e. The number of hydrogen-bond acceptors (Lipinski definition) is 3. The van der Waals surface area contributed by atoms with Crippen molar-refractivity contribution < 1.29 is 9.59 Å². The number of rotatable bonds is 5. The number of hydrogen-bond donors (Lipinski definition) is 2. The lowest BCUT2D eigenvalue weighted by Gasteiger charge is -2.23. The summed E-state index contributed by atoms with van der Waals surface area (Å²) >= 11 is 3.47. The number of likely N-dealkylation sites (tertiary alicyclic amines) is 1. The van der Waals surface area contributed by atoms with E-state index in [1.165, 1.54) is 0 Å². The van der Waals surface area contributed by atoms with Gasteiger partial charge < -0.3 is 10.6 Å². The average Bonchev–Trinajstić information content (AvgIpc) is 3.18. The van der Waals surface area contributed by atoms with Crippen molar-refractivity contribution in [1.82, 2.24) is 10.2 Å². The Morgan fingerprint density at radius 2 is 2.09 bits per heavy atom. The Kier molecular flexibility index (Phi) is 5.02. The van der Waals surface area contributed by atoms with Crippen molar-refractivity contribution in [2.75, 3.05) is 18.4 Å². The van der Waals surface area contributed by atoms with E-state index in [4.69, 9.17) is 0 Å². The first kappa shape index (κ1) is 16.5. The van der Waals surface area contributed by atoms with Crippen LogP contribution >= 0.6 is 15.9 Å². The summed E-state index contributed by atoms with van der Waals surface area (Å²) < 4.78 is 0.871. The average molecular weight is 380 g/mol. The molecule has 2 N–H and O–H groups in total. The van der Waals surface area contributed by atoms with E-state index in [2.05, 4.69) is 26.6 Å². The molecule has 0 radical (unpaired) electrons. The fourth-order valence-electron chi connectivity index (χ4n) is 2.93. The third-order valence-corrected chi connectivity index (χ3v) is 4.99. The van der Waals surface area contributed by atoms with Crippen molar-refractivity contribution in [1.29, 1.82) is 0 Å². The molecule has 3 rings (SSSR count). The van der Waals surface area contributed by atoms with Gasteiger partial charge in [0.2, 0.25) is 11.8 Å². The summed E-state index contributed by atoms with van der Waals surface area (Å²) in [5.74, 6) is -0.00464. The summed E-state index contributed by atoms with van der Waals surface area (Å²) in [4.78, 5) is 26.5. The number of nitrogens with zero attached hydrogens (tertiary/aromatic N) is 1. The zero-order valence-electron chi connectivity index (χ0n) is 13.3. The molecule has 1 saturated heterocycles. The predicted octanol–water partition coefficient (Wildman–Crippen LogP) is 2.44. The molecule has 1 atom stereocenters. The molecule has 2 fully saturated rings. The first-order chi connectivity index (χ1) is 11.0. The molecule has 1 aliphatic carbocycles. The Hall–Kier alpha value is -1.40. The Morgan fingerprint density at radius 1 is 1.30 bits per heavy atom. The van der Waals surface area contributed by atoms with Crippen molar-refractivity contribution in [2.24, 2.45) is 0 Å². The molecule has 1 heterocycles. The second-order valence-corrected chi connectivity index (χ2v) is 7.30. The maximum atomic E-state index is 12.3. The zero-order chi connectivity index (χ0) is 16.4. The van der Waals surface area contributed by atoms with E-state index in [9.17, 15) is 9.59 Å². The van der Waals surface area contributed by atoms with Crippen LogP contribution in [0.3, 0.4) is 0 Å². The normalized spacial score (nSPS) is 21.2. The van der Waals surface area contributed by atoms with Gasteiger partial charge in [-0.3, -0.25) is 14.5 Å². The Labute approximate surface area is 144 Å². The highest BCUT2D eigenvalue weighted by Gasteiger charge is 2.34. The Morgan fingerprint density at radius 3 is 2.78 bits per heavy atom. The summed E-state index contributed by atoms with van der Waals surface area (Å²) in [6.07, 6.45) is 3.96. The molecule has 1 aromatic rings. The van der Waals surface area contributed by atoms with Gasteiger partial charge in [-0.25, -0.2) is 0 Å². The summed E-state index contributed by atoms with van der Waals surface area (Å²) in [5, 5.41) is 5.96. The minimum Gasteiger partial charge on any atom is -0.352 e. The van der Waals surface area contributed by atoms with Crippen LogP contribution in [-0.2, 0) is 9.59 Å². The number of amides is 2. The monoisotopic (exact) mass is 379 g/mol. The van der Waals surface area contributed by atoms with Gasteiger partial charge in [-0.15, -0.1) is 0 Å². The molecule has 124 valence electrons. The lowest BCUT2D eigenvalue weighted by atomic mass is 10.2. The molecule has 6 heteroatoms. The first-order valence-electron chi connectivity index (χ1n) is 8.13. The SMILES string of the molecule is Cc1ccc(NC(=O)CN2CCC[C@H]2C(=O)NC2CC2)c(Br)c1. The Balaban J connectivity index is 1.56. The molecule has 0 aromatic heterocycles. The van der Waals surface area contributed by atoms with Crippen LogP contribution in [0.5, 0.6) is 0 Å². The molecule has 2 aliphatic rings. The molecule has 1 aliphatic heterocycles. The highest BCUT2D eigenvalue weighted by molar-refractivity contribution is 9.10. The van der Waals surface area contributed by atoms with Crippen LogP contribution in [0.15, 0.2) is 22.7 Å². The van der Waals surface area contributed by atoms with Crippen LogP contribution in [0, 0.1) is 6.92 Å². The van der Waals surface area contributed by atoms with E-state index in [-0.39, 0.29) is 24.4 Å². The number of halogens is 1. The molecular weight excluding hydrogens is 358 g/mol. The molecule has 1 saturated carbocycles. The van der Waals surface area contributed by atoms with Crippen LogP contribution in [0.4, 0.5) is 5.69 Å². The fraction of sp³-hybridized carbons (Fsp3) is 0.529. The van der Waals surface area contributed by atoms with Crippen molar-refractivity contribution in [3.05, 3.63) is 28.2 Å². The smallest absolute Gasteiger partial charge is 0.238 e. The predicted molar refractivity (Wildman–Crippen MR) is 93.3 cm³/mol. The van der Waals surface area contributed by atoms with E-state index in [0.29, 0.717) is 6.04 Å². The van der Waals surface area contributed by atoms with E-state index in [0.717, 1.165) is 48.0 Å². The second kappa shape index (κ2) is 7.01. The third kappa shape index (κ3) is 4.32. The molecule has 0 spiro atoms. The standard InChI is InChI=1S/C17H22BrN3O2/c1-11-4-7-14(13(18)9-11)20-16(22)10-21-8-2-3-15(21)17(23)19-12-5-6-12/h4,7,9,12,15H,2-3,5-6,8,10H2,1H3,(H,19,23)(H,20,22)/t15-/m0/s1. The third-order valence-electron chi connectivity index (χ3n) is 4.34. The maximum absolute atomic E-state index is 12.3. The number of carbonyl (C=O) groups is 2.